The highest BCUT2D eigenvalue weighted by Crippen LogP contribution is 2.17. The maximum atomic E-state index is 5.66. The van der Waals surface area contributed by atoms with E-state index in [9.17, 15) is 0 Å². The zero-order chi connectivity index (χ0) is 11.3. The quantitative estimate of drug-likeness (QED) is 0.733. The van der Waals surface area contributed by atoms with Gasteiger partial charge in [0.2, 0.25) is 5.13 Å². The molecule has 0 fully saturated rings. The highest BCUT2D eigenvalue weighted by Gasteiger charge is 2.06. The smallest absolute Gasteiger partial charge is 0.202 e. The van der Waals surface area contributed by atoms with Gasteiger partial charge in [0, 0.05) is 30.0 Å². The molecule has 86 valence electrons. The van der Waals surface area contributed by atoms with Crippen molar-refractivity contribution in [3.63, 3.8) is 0 Å². The average molecular weight is 228 g/mol. The number of nitrogens with one attached hydrogen (secondary N) is 1. The minimum absolute atomic E-state index is 0.285. The number of hydrogen-bond acceptors (Lipinski definition) is 5. The van der Waals surface area contributed by atoms with Crippen LogP contribution in [-0.4, -0.2) is 21.9 Å². The van der Waals surface area contributed by atoms with Crippen molar-refractivity contribution in [3.05, 3.63) is 5.82 Å². The lowest BCUT2D eigenvalue weighted by atomic mass is 10.2. The molecule has 5 heteroatoms. The maximum absolute atomic E-state index is 5.66. The van der Waals surface area contributed by atoms with Crippen LogP contribution in [0.4, 0.5) is 5.13 Å². The molecule has 3 N–H and O–H groups in total. The van der Waals surface area contributed by atoms with E-state index in [0.717, 1.165) is 30.3 Å². The fourth-order valence-corrected chi connectivity index (χ4v) is 1.89. The summed E-state index contributed by atoms with van der Waals surface area (Å²) in [5.41, 5.74) is 5.66. The number of nitrogens with two attached hydrogens (primary N) is 1. The Morgan fingerprint density at radius 3 is 2.67 bits per heavy atom. The van der Waals surface area contributed by atoms with Crippen molar-refractivity contribution < 1.29 is 0 Å². The molecule has 0 saturated carbocycles. The van der Waals surface area contributed by atoms with Crippen molar-refractivity contribution in [2.45, 2.75) is 45.6 Å². The van der Waals surface area contributed by atoms with Gasteiger partial charge in [-0.1, -0.05) is 13.8 Å². The molecule has 15 heavy (non-hydrogen) atoms. The Hall–Kier alpha value is -0.680. The molecule has 0 aliphatic carbocycles. The van der Waals surface area contributed by atoms with Gasteiger partial charge in [-0.3, -0.25) is 0 Å². The Labute approximate surface area is 95.5 Å². The topological polar surface area (TPSA) is 63.8 Å². The number of hydrogen-bond donors (Lipinski definition) is 2. The summed E-state index contributed by atoms with van der Waals surface area (Å²) in [6, 6.07) is 0.285. The fraction of sp³-hybridized carbons (Fsp3) is 0.800. The van der Waals surface area contributed by atoms with E-state index in [4.69, 9.17) is 5.73 Å². The van der Waals surface area contributed by atoms with E-state index >= 15 is 0 Å². The molecule has 0 bridgehead atoms. The van der Waals surface area contributed by atoms with Crippen LogP contribution in [-0.2, 0) is 0 Å². The summed E-state index contributed by atoms with van der Waals surface area (Å²) in [7, 11) is 0. The SMILES string of the molecule is CC(N)CCCNc1nc(C(C)C)ns1. The maximum Gasteiger partial charge on any atom is 0.202 e. The molecule has 1 aromatic heterocycles. The van der Waals surface area contributed by atoms with E-state index in [0.29, 0.717) is 5.92 Å². The van der Waals surface area contributed by atoms with Crippen molar-refractivity contribution in [1.82, 2.24) is 9.36 Å². The number of anilines is 1. The molecule has 0 radical (unpaired) electrons. The van der Waals surface area contributed by atoms with Crippen LogP contribution < -0.4 is 11.1 Å². The summed E-state index contributed by atoms with van der Waals surface area (Å²) in [5, 5.41) is 4.18. The zero-order valence-corrected chi connectivity index (χ0v) is 10.5. The standard InChI is InChI=1S/C10H20N4S/c1-7(2)9-13-10(15-14-9)12-6-4-5-8(3)11/h7-8H,4-6,11H2,1-3H3,(H,12,13,14). The van der Waals surface area contributed by atoms with Crippen molar-refractivity contribution in [1.29, 1.82) is 0 Å². The normalized spacial score (nSPS) is 13.1. The molecular formula is C10H20N4S. The molecular weight excluding hydrogens is 208 g/mol. The summed E-state index contributed by atoms with van der Waals surface area (Å²) in [6.07, 6.45) is 2.12. The third kappa shape index (κ3) is 4.57. The molecule has 1 rings (SSSR count). The molecule has 0 saturated heterocycles. The highest BCUT2D eigenvalue weighted by molar-refractivity contribution is 7.09. The Bertz CT molecular complexity index is 283. The molecule has 1 aromatic rings. The van der Waals surface area contributed by atoms with Crippen LogP contribution in [0.25, 0.3) is 0 Å². The first-order valence-electron chi connectivity index (χ1n) is 5.42. The van der Waals surface area contributed by atoms with Crippen molar-refractivity contribution >= 4 is 16.7 Å². The van der Waals surface area contributed by atoms with E-state index in [1.807, 2.05) is 6.92 Å². The van der Waals surface area contributed by atoms with Crippen LogP contribution in [0, 0.1) is 0 Å². The molecule has 0 aliphatic heterocycles. The van der Waals surface area contributed by atoms with Crippen LogP contribution in [0.1, 0.15) is 45.4 Å². The number of aromatic nitrogens is 2. The second-order valence-electron chi connectivity index (χ2n) is 4.16. The summed E-state index contributed by atoms with van der Waals surface area (Å²) in [6.45, 7) is 7.15. The van der Waals surface area contributed by atoms with E-state index in [1.165, 1.54) is 11.5 Å². The van der Waals surface area contributed by atoms with Gasteiger partial charge < -0.3 is 11.1 Å². The summed E-state index contributed by atoms with van der Waals surface area (Å²) >= 11 is 1.43. The van der Waals surface area contributed by atoms with Gasteiger partial charge in [0.1, 0.15) is 5.82 Å². The zero-order valence-electron chi connectivity index (χ0n) is 9.66. The Balaban J connectivity index is 2.26. The van der Waals surface area contributed by atoms with Gasteiger partial charge in [0.15, 0.2) is 0 Å². The fourth-order valence-electron chi connectivity index (χ4n) is 1.16. The van der Waals surface area contributed by atoms with E-state index in [-0.39, 0.29) is 6.04 Å². The van der Waals surface area contributed by atoms with Gasteiger partial charge in [0.05, 0.1) is 0 Å². The molecule has 0 aromatic carbocycles. The summed E-state index contributed by atoms with van der Waals surface area (Å²) in [5.74, 6) is 1.33. The van der Waals surface area contributed by atoms with Gasteiger partial charge in [0.25, 0.3) is 0 Å². The highest BCUT2D eigenvalue weighted by atomic mass is 32.1. The molecule has 1 heterocycles. The van der Waals surface area contributed by atoms with Crippen molar-refractivity contribution in [2.75, 3.05) is 11.9 Å². The first kappa shape index (κ1) is 12.4. The van der Waals surface area contributed by atoms with Gasteiger partial charge in [-0.05, 0) is 19.8 Å². The van der Waals surface area contributed by atoms with Crippen LogP contribution in [0.2, 0.25) is 0 Å². The molecule has 0 aliphatic rings. The van der Waals surface area contributed by atoms with Gasteiger partial charge in [-0.25, -0.2) is 4.98 Å². The molecule has 0 amide bonds. The lowest BCUT2D eigenvalue weighted by Gasteiger charge is -2.04. The van der Waals surface area contributed by atoms with Crippen molar-refractivity contribution in [2.24, 2.45) is 5.73 Å². The van der Waals surface area contributed by atoms with E-state index < -0.39 is 0 Å². The second-order valence-corrected chi connectivity index (χ2v) is 4.91. The molecule has 0 spiro atoms. The van der Waals surface area contributed by atoms with Gasteiger partial charge in [-0.15, -0.1) is 0 Å². The summed E-state index contributed by atoms with van der Waals surface area (Å²) in [4.78, 5) is 4.39. The summed E-state index contributed by atoms with van der Waals surface area (Å²) < 4.78 is 4.27. The Kier molecular flexibility index (Phi) is 4.98. The number of nitrogens with zero attached hydrogens (tertiary/aromatic N) is 2. The van der Waals surface area contributed by atoms with Gasteiger partial charge in [-0.2, -0.15) is 4.37 Å². The van der Waals surface area contributed by atoms with E-state index in [1.54, 1.807) is 0 Å². The first-order chi connectivity index (χ1) is 7.09. The third-order valence-corrected chi connectivity index (χ3v) is 2.76. The van der Waals surface area contributed by atoms with Crippen LogP contribution >= 0.6 is 11.5 Å². The van der Waals surface area contributed by atoms with Crippen LogP contribution in [0.5, 0.6) is 0 Å². The largest absolute Gasteiger partial charge is 0.360 e. The minimum Gasteiger partial charge on any atom is -0.360 e. The van der Waals surface area contributed by atoms with Crippen molar-refractivity contribution in [3.8, 4) is 0 Å². The first-order valence-corrected chi connectivity index (χ1v) is 6.20. The second kappa shape index (κ2) is 6.02. The lowest BCUT2D eigenvalue weighted by molar-refractivity contribution is 0.639. The molecule has 1 unspecified atom stereocenters. The minimum atomic E-state index is 0.285. The lowest BCUT2D eigenvalue weighted by Crippen LogP contribution is -2.16. The average Bonchev–Trinajstić information content (AvgIpc) is 2.60. The Morgan fingerprint density at radius 1 is 1.40 bits per heavy atom. The molecule has 1 atom stereocenters. The number of rotatable bonds is 6. The predicted octanol–water partition coefficient (Wildman–Crippen LogP) is 2.20. The monoisotopic (exact) mass is 228 g/mol. The third-order valence-electron chi connectivity index (χ3n) is 2.07. The Morgan fingerprint density at radius 2 is 2.13 bits per heavy atom. The molecule has 4 nitrogen and oxygen atoms in total. The van der Waals surface area contributed by atoms with E-state index in [2.05, 4.69) is 28.5 Å². The predicted molar refractivity (Wildman–Crippen MR) is 65.4 cm³/mol. The van der Waals surface area contributed by atoms with Crippen LogP contribution in [0.15, 0.2) is 0 Å². The van der Waals surface area contributed by atoms with Gasteiger partial charge >= 0.3 is 0 Å². The van der Waals surface area contributed by atoms with Crippen LogP contribution in [0.3, 0.4) is 0 Å².